The maximum atomic E-state index is 11.8. The van der Waals surface area contributed by atoms with Gasteiger partial charge in [0.25, 0.3) is 7.82 Å². The van der Waals surface area contributed by atoms with Gasteiger partial charge in [0.1, 0.15) is 0 Å². The SMILES string of the molecule is CCCCC(CC)COP(=O)([O-])OCC(CC)CCCC.C[NH+](C)CCCCCCCCCCCCCCCCCCCCOCCO. The summed E-state index contributed by atoms with van der Waals surface area (Å²) in [5, 5.41) is 8.61. The minimum Gasteiger partial charge on any atom is -0.756 e. The molecule has 0 aliphatic carbocycles. The number of quaternary nitrogens is 1. The van der Waals surface area contributed by atoms with Crippen molar-refractivity contribution in [3.8, 4) is 0 Å². The number of ether oxygens (including phenoxy) is 1. The van der Waals surface area contributed by atoms with Crippen LogP contribution in [0.4, 0.5) is 0 Å². The molecule has 0 saturated carbocycles. The minimum absolute atomic E-state index is 0.151. The van der Waals surface area contributed by atoms with Crippen LogP contribution in [0.15, 0.2) is 0 Å². The number of aliphatic hydroxyl groups is 1. The molecule has 0 bridgehead atoms. The molecule has 0 rings (SSSR count). The Morgan fingerprint density at radius 2 is 0.917 bits per heavy atom. The van der Waals surface area contributed by atoms with Crippen molar-refractivity contribution in [2.24, 2.45) is 11.8 Å². The fourth-order valence-electron chi connectivity index (χ4n) is 5.90. The van der Waals surface area contributed by atoms with Crippen LogP contribution in [-0.4, -0.2) is 58.8 Å². The molecule has 0 heterocycles. The highest BCUT2D eigenvalue weighted by atomic mass is 31.2. The van der Waals surface area contributed by atoms with Gasteiger partial charge in [-0.15, -0.1) is 0 Å². The highest BCUT2D eigenvalue weighted by Crippen LogP contribution is 2.40. The van der Waals surface area contributed by atoms with Gasteiger partial charge in [-0.3, -0.25) is 4.57 Å². The fourth-order valence-corrected chi connectivity index (χ4v) is 6.77. The lowest BCUT2D eigenvalue weighted by molar-refractivity contribution is -0.858. The first-order chi connectivity index (χ1) is 23.3. The molecule has 0 aromatic carbocycles. The summed E-state index contributed by atoms with van der Waals surface area (Å²) in [5.41, 5.74) is 0. The normalized spacial score (nSPS) is 14.1. The van der Waals surface area contributed by atoms with E-state index in [4.69, 9.17) is 18.9 Å². The summed E-state index contributed by atoms with van der Waals surface area (Å²) in [4.78, 5) is 13.4. The molecule has 0 aliphatic rings. The van der Waals surface area contributed by atoms with Gasteiger partial charge in [-0.25, -0.2) is 0 Å². The van der Waals surface area contributed by atoms with Crippen molar-refractivity contribution in [2.45, 2.75) is 195 Å². The molecular weight excluding hydrogens is 621 g/mol. The molecule has 48 heavy (non-hydrogen) atoms. The number of hydrogen-bond acceptors (Lipinski definition) is 6. The molecule has 0 aliphatic heterocycles. The molecule has 0 aromatic rings. The maximum absolute atomic E-state index is 11.8. The van der Waals surface area contributed by atoms with Gasteiger partial charge in [-0.2, -0.15) is 0 Å². The zero-order chi connectivity index (χ0) is 36.0. The summed E-state index contributed by atoms with van der Waals surface area (Å²) in [6.07, 6.45) is 33.8. The van der Waals surface area contributed by atoms with E-state index in [1.165, 1.54) is 116 Å². The Hall–Kier alpha value is -0.0100. The molecule has 7 nitrogen and oxygen atoms in total. The van der Waals surface area contributed by atoms with Gasteiger partial charge in [-0.05, 0) is 43.9 Å². The highest BCUT2D eigenvalue weighted by Gasteiger charge is 2.16. The van der Waals surface area contributed by atoms with E-state index in [9.17, 15) is 9.46 Å². The molecule has 2 unspecified atom stereocenters. The van der Waals surface area contributed by atoms with Crippen LogP contribution in [0.5, 0.6) is 0 Å². The van der Waals surface area contributed by atoms with Gasteiger partial charge in [0, 0.05) is 6.61 Å². The van der Waals surface area contributed by atoms with E-state index in [0.717, 1.165) is 64.4 Å². The topological polar surface area (TPSA) is 92.5 Å². The Morgan fingerprint density at radius 3 is 1.23 bits per heavy atom. The highest BCUT2D eigenvalue weighted by molar-refractivity contribution is 7.45. The summed E-state index contributed by atoms with van der Waals surface area (Å²) in [6, 6.07) is 0. The second-order valence-corrected chi connectivity index (χ2v) is 15.9. The monoisotopic (exact) mass is 708 g/mol. The smallest absolute Gasteiger partial charge is 0.267 e. The van der Waals surface area contributed by atoms with Crippen LogP contribution in [0.1, 0.15) is 195 Å². The quantitative estimate of drug-likeness (QED) is 0.0493. The van der Waals surface area contributed by atoms with E-state index < -0.39 is 7.82 Å². The fraction of sp³-hybridized carbons (Fsp3) is 1.00. The largest absolute Gasteiger partial charge is 0.756 e. The molecule has 292 valence electrons. The van der Waals surface area contributed by atoms with E-state index in [1.54, 1.807) is 4.90 Å². The predicted molar refractivity (Wildman–Crippen MR) is 205 cm³/mol. The van der Waals surface area contributed by atoms with Gasteiger partial charge in [0.15, 0.2) is 0 Å². The van der Waals surface area contributed by atoms with Crippen molar-refractivity contribution in [3.05, 3.63) is 0 Å². The molecule has 2 N–H and O–H groups in total. The van der Waals surface area contributed by atoms with Gasteiger partial charge in [0.2, 0.25) is 0 Å². The van der Waals surface area contributed by atoms with Crippen molar-refractivity contribution in [1.82, 2.24) is 0 Å². The van der Waals surface area contributed by atoms with Gasteiger partial charge in [0.05, 0.1) is 47.1 Å². The van der Waals surface area contributed by atoms with E-state index in [-0.39, 0.29) is 19.8 Å². The van der Waals surface area contributed by atoms with E-state index in [0.29, 0.717) is 18.4 Å². The lowest BCUT2D eigenvalue weighted by Gasteiger charge is -2.27. The number of rotatable bonds is 37. The number of aliphatic hydroxyl groups excluding tert-OH is 1. The third-order valence-electron chi connectivity index (χ3n) is 9.47. The Labute approximate surface area is 300 Å². The van der Waals surface area contributed by atoms with E-state index >= 15 is 0 Å². The van der Waals surface area contributed by atoms with E-state index in [1.807, 2.05) is 0 Å². The van der Waals surface area contributed by atoms with Crippen LogP contribution in [0.2, 0.25) is 0 Å². The third kappa shape index (κ3) is 40.4. The zero-order valence-corrected chi connectivity index (χ0v) is 34.1. The van der Waals surface area contributed by atoms with Crippen molar-refractivity contribution >= 4 is 7.82 Å². The maximum Gasteiger partial charge on any atom is 0.267 e. The number of hydrogen-bond donors (Lipinski definition) is 2. The number of phosphoric acid groups is 1. The number of unbranched alkanes of at least 4 members (excludes halogenated alkanes) is 19. The molecule has 0 saturated heterocycles. The summed E-state index contributed by atoms with van der Waals surface area (Å²) < 4.78 is 27.2. The van der Waals surface area contributed by atoms with Crippen molar-refractivity contribution in [1.29, 1.82) is 0 Å². The Bertz CT molecular complexity index is 629. The van der Waals surface area contributed by atoms with Gasteiger partial charge < -0.3 is 28.7 Å². The third-order valence-corrected chi connectivity index (χ3v) is 10.4. The average molecular weight is 708 g/mol. The Balaban J connectivity index is 0. The van der Waals surface area contributed by atoms with Crippen molar-refractivity contribution < 1.29 is 33.2 Å². The van der Waals surface area contributed by atoms with Crippen LogP contribution in [0.3, 0.4) is 0 Å². The van der Waals surface area contributed by atoms with Crippen LogP contribution < -0.4 is 9.79 Å². The summed E-state index contributed by atoms with van der Waals surface area (Å²) >= 11 is 0. The lowest BCUT2D eigenvalue weighted by atomic mass is 10.0. The summed E-state index contributed by atoms with van der Waals surface area (Å²) in [7, 11) is 0.362. The minimum atomic E-state index is -4.14. The lowest BCUT2D eigenvalue weighted by Crippen LogP contribution is -3.05. The first-order valence-electron chi connectivity index (χ1n) is 20.8. The molecular formula is C40H86NO6P. The molecule has 0 aromatic heterocycles. The molecule has 0 amide bonds. The van der Waals surface area contributed by atoms with Crippen LogP contribution in [0.25, 0.3) is 0 Å². The van der Waals surface area contributed by atoms with Crippen LogP contribution in [0, 0.1) is 11.8 Å². The van der Waals surface area contributed by atoms with Gasteiger partial charge in [-0.1, -0.05) is 163 Å². The Morgan fingerprint density at radius 1 is 0.562 bits per heavy atom. The van der Waals surface area contributed by atoms with Crippen molar-refractivity contribution in [3.63, 3.8) is 0 Å². The average Bonchev–Trinajstić information content (AvgIpc) is 3.07. The molecule has 2 atom stereocenters. The summed E-state index contributed by atoms with van der Waals surface area (Å²) in [5.74, 6) is 0.607. The molecule has 0 spiro atoms. The first kappa shape index (κ1) is 50.1. The Kier molecular flexibility index (Phi) is 41.5. The zero-order valence-electron chi connectivity index (χ0n) is 33.2. The van der Waals surface area contributed by atoms with E-state index in [2.05, 4.69) is 41.8 Å². The van der Waals surface area contributed by atoms with Crippen LogP contribution >= 0.6 is 7.82 Å². The van der Waals surface area contributed by atoms with Crippen LogP contribution in [-0.2, 0) is 18.3 Å². The molecule has 8 heteroatoms. The standard InChI is InChI=1S/C24H51NO2.C16H35O4P/c1-25(2)21-19-17-15-13-11-9-7-5-3-4-6-8-10-12-14-16-18-20-23-27-24-22-26;1-5-9-11-15(7-3)13-19-21(17,18)20-14-16(8-4)12-10-6-2/h26H,3-24H2,1-2H3;15-16H,5-14H2,1-4H3,(H,17,18). The molecule has 0 fully saturated rings. The second-order valence-electron chi connectivity index (χ2n) is 14.5. The predicted octanol–water partition coefficient (Wildman–Crippen LogP) is 10.1. The molecule has 0 radical (unpaired) electrons. The first-order valence-corrected chi connectivity index (χ1v) is 22.3. The summed E-state index contributed by atoms with van der Waals surface area (Å²) in [6.45, 7) is 11.7. The van der Waals surface area contributed by atoms with Gasteiger partial charge >= 0.3 is 0 Å². The number of phosphoric ester groups is 1. The van der Waals surface area contributed by atoms with Crippen molar-refractivity contribution in [2.75, 3.05) is 53.7 Å². The second kappa shape index (κ2) is 39.8. The number of nitrogens with one attached hydrogen (secondary N) is 1.